The predicted molar refractivity (Wildman–Crippen MR) is 90.5 cm³/mol. The lowest BCUT2D eigenvalue weighted by Gasteiger charge is -2.09. The normalized spacial score (nSPS) is 10.4. The quantitative estimate of drug-likeness (QED) is 0.699. The molecule has 0 aliphatic carbocycles. The topological polar surface area (TPSA) is 47.0 Å². The van der Waals surface area contributed by atoms with Crippen LogP contribution in [0.1, 0.15) is 5.69 Å². The van der Waals surface area contributed by atoms with E-state index in [1.54, 1.807) is 11.3 Å². The first-order valence-corrected chi connectivity index (χ1v) is 8.00. The van der Waals surface area contributed by atoms with Gasteiger partial charge in [-0.3, -0.25) is 0 Å². The number of rotatable bonds is 6. The maximum atomic E-state index is 5.66. The highest BCUT2D eigenvalue weighted by molar-refractivity contribution is 7.13. The smallest absolute Gasteiger partial charge is 0.171 e. The van der Waals surface area contributed by atoms with E-state index in [1.807, 2.05) is 60.8 Å². The molecule has 0 saturated heterocycles. The lowest BCUT2D eigenvalue weighted by Crippen LogP contribution is -2.13. The minimum atomic E-state index is 0.585. The Labute approximate surface area is 133 Å². The number of benzene rings is 1. The van der Waals surface area contributed by atoms with Crippen LogP contribution in [-0.4, -0.2) is 23.1 Å². The van der Waals surface area contributed by atoms with Crippen LogP contribution in [0.2, 0.25) is 0 Å². The second-order valence-corrected chi connectivity index (χ2v) is 5.73. The van der Waals surface area contributed by atoms with Crippen LogP contribution >= 0.6 is 11.3 Å². The number of aryl methyl sites for hydroxylation is 1. The van der Waals surface area contributed by atoms with Gasteiger partial charge < -0.3 is 10.1 Å². The molecule has 0 spiro atoms. The fourth-order valence-corrected chi connectivity index (χ4v) is 2.70. The summed E-state index contributed by atoms with van der Waals surface area (Å²) in [6.45, 7) is 3.25. The molecule has 22 heavy (non-hydrogen) atoms. The first-order valence-electron chi connectivity index (χ1n) is 7.12. The fourth-order valence-electron chi connectivity index (χ4n) is 2.04. The summed E-state index contributed by atoms with van der Waals surface area (Å²) < 4.78 is 5.66. The molecule has 0 bridgehead atoms. The molecule has 0 aliphatic heterocycles. The average molecular weight is 311 g/mol. The Morgan fingerprint density at radius 3 is 2.73 bits per heavy atom. The van der Waals surface area contributed by atoms with E-state index < -0.39 is 0 Å². The van der Waals surface area contributed by atoms with Crippen LogP contribution in [-0.2, 0) is 0 Å². The zero-order valence-corrected chi connectivity index (χ0v) is 13.1. The summed E-state index contributed by atoms with van der Waals surface area (Å²) in [6.07, 6.45) is 0. The van der Waals surface area contributed by atoms with E-state index in [0.29, 0.717) is 13.2 Å². The minimum absolute atomic E-state index is 0.585. The molecular weight excluding hydrogens is 294 g/mol. The van der Waals surface area contributed by atoms with Gasteiger partial charge in [-0.1, -0.05) is 24.3 Å². The van der Waals surface area contributed by atoms with E-state index in [9.17, 15) is 0 Å². The maximum Gasteiger partial charge on any atom is 0.171 e. The van der Waals surface area contributed by atoms with E-state index in [4.69, 9.17) is 4.74 Å². The molecule has 0 aliphatic rings. The molecule has 0 saturated carbocycles. The third-order valence-electron chi connectivity index (χ3n) is 3.02. The van der Waals surface area contributed by atoms with Gasteiger partial charge >= 0.3 is 0 Å². The Morgan fingerprint density at radius 2 is 1.95 bits per heavy atom. The van der Waals surface area contributed by atoms with Gasteiger partial charge in [-0.05, 0) is 30.5 Å². The summed E-state index contributed by atoms with van der Waals surface area (Å²) in [5, 5.41) is 5.32. The third kappa shape index (κ3) is 3.83. The number of anilines is 1. The largest absolute Gasteiger partial charge is 0.492 e. The second kappa shape index (κ2) is 7.04. The molecule has 0 unspecified atom stereocenters. The number of ether oxygens (including phenoxy) is 1. The average Bonchev–Trinajstić information content (AvgIpc) is 3.07. The van der Waals surface area contributed by atoms with Crippen LogP contribution in [0.15, 0.2) is 53.9 Å². The Balaban J connectivity index is 1.58. The van der Waals surface area contributed by atoms with Crippen molar-refractivity contribution >= 4 is 17.2 Å². The van der Waals surface area contributed by atoms with E-state index >= 15 is 0 Å². The van der Waals surface area contributed by atoms with Crippen LogP contribution < -0.4 is 10.1 Å². The summed E-state index contributed by atoms with van der Waals surface area (Å²) in [4.78, 5) is 10.1. The highest BCUT2D eigenvalue weighted by atomic mass is 32.1. The van der Waals surface area contributed by atoms with Crippen molar-refractivity contribution in [3.05, 3.63) is 59.6 Å². The van der Waals surface area contributed by atoms with Crippen molar-refractivity contribution < 1.29 is 4.74 Å². The van der Waals surface area contributed by atoms with Gasteiger partial charge in [0.05, 0.1) is 11.4 Å². The number of hydrogen-bond acceptors (Lipinski definition) is 5. The van der Waals surface area contributed by atoms with Gasteiger partial charge in [0.1, 0.15) is 18.2 Å². The molecule has 4 nitrogen and oxygen atoms in total. The van der Waals surface area contributed by atoms with Crippen LogP contribution in [0, 0.1) is 6.92 Å². The second-order valence-electron chi connectivity index (χ2n) is 4.78. The van der Waals surface area contributed by atoms with Crippen LogP contribution in [0.4, 0.5) is 5.82 Å². The standard InChI is InChI=1S/C17H17N3OS/c1-13-12-16(20-17(19-13)15-8-5-11-22-15)18-9-10-21-14-6-3-2-4-7-14/h2-8,11-12H,9-10H2,1H3,(H,18,19,20). The van der Waals surface area contributed by atoms with E-state index in [0.717, 1.165) is 28.0 Å². The molecule has 2 heterocycles. The first-order chi connectivity index (χ1) is 10.8. The number of nitrogens with one attached hydrogen (secondary N) is 1. The number of aromatic nitrogens is 2. The van der Waals surface area contributed by atoms with E-state index in [2.05, 4.69) is 15.3 Å². The molecule has 2 aromatic heterocycles. The van der Waals surface area contributed by atoms with Gasteiger partial charge in [-0.15, -0.1) is 11.3 Å². The summed E-state index contributed by atoms with van der Waals surface area (Å²) in [5.74, 6) is 2.47. The van der Waals surface area contributed by atoms with Gasteiger partial charge in [0.2, 0.25) is 0 Å². The first kappa shape index (κ1) is 14.5. The summed E-state index contributed by atoms with van der Waals surface area (Å²) in [7, 11) is 0. The fraction of sp³-hybridized carbons (Fsp3) is 0.176. The molecule has 0 fully saturated rings. The lowest BCUT2D eigenvalue weighted by molar-refractivity contribution is 0.333. The van der Waals surface area contributed by atoms with Gasteiger partial charge in [-0.2, -0.15) is 0 Å². The summed E-state index contributed by atoms with van der Waals surface area (Å²) in [5.41, 5.74) is 0.949. The molecule has 3 rings (SSSR count). The molecule has 1 N–H and O–H groups in total. The number of para-hydroxylation sites is 1. The Hall–Kier alpha value is -2.40. The van der Waals surface area contributed by atoms with Crippen LogP contribution in [0.5, 0.6) is 5.75 Å². The Kier molecular flexibility index (Phi) is 4.65. The number of thiophene rings is 1. The van der Waals surface area contributed by atoms with Gasteiger partial charge in [0.15, 0.2) is 5.82 Å². The molecule has 0 atom stereocenters. The molecule has 0 amide bonds. The highest BCUT2D eigenvalue weighted by Crippen LogP contribution is 2.22. The van der Waals surface area contributed by atoms with Crippen molar-refractivity contribution in [3.8, 4) is 16.5 Å². The Morgan fingerprint density at radius 1 is 1.09 bits per heavy atom. The number of nitrogens with zero attached hydrogens (tertiary/aromatic N) is 2. The summed E-state index contributed by atoms with van der Waals surface area (Å²) >= 11 is 1.64. The predicted octanol–water partition coefficient (Wildman–Crippen LogP) is 4.00. The highest BCUT2D eigenvalue weighted by Gasteiger charge is 2.05. The van der Waals surface area contributed by atoms with Crippen molar-refractivity contribution in [3.63, 3.8) is 0 Å². The van der Waals surface area contributed by atoms with Crippen molar-refractivity contribution in [1.29, 1.82) is 0 Å². The zero-order valence-electron chi connectivity index (χ0n) is 12.3. The minimum Gasteiger partial charge on any atom is -0.492 e. The number of hydrogen-bond donors (Lipinski definition) is 1. The zero-order chi connectivity index (χ0) is 15.2. The van der Waals surface area contributed by atoms with Crippen molar-refractivity contribution in [2.45, 2.75) is 6.92 Å². The molecule has 5 heteroatoms. The van der Waals surface area contributed by atoms with E-state index in [1.165, 1.54) is 0 Å². The lowest BCUT2D eigenvalue weighted by atomic mass is 10.3. The van der Waals surface area contributed by atoms with E-state index in [-0.39, 0.29) is 0 Å². The third-order valence-corrected chi connectivity index (χ3v) is 3.88. The molecule has 112 valence electrons. The van der Waals surface area contributed by atoms with Crippen molar-refractivity contribution in [1.82, 2.24) is 9.97 Å². The van der Waals surface area contributed by atoms with Crippen molar-refractivity contribution in [2.75, 3.05) is 18.5 Å². The van der Waals surface area contributed by atoms with Crippen molar-refractivity contribution in [2.24, 2.45) is 0 Å². The SMILES string of the molecule is Cc1cc(NCCOc2ccccc2)nc(-c2cccs2)n1. The monoisotopic (exact) mass is 311 g/mol. The van der Waals surface area contributed by atoms with Gasteiger partial charge in [0, 0.05) is 11.8 Å². The van der Waals surface area contributed by atoms with Gasteiger partial charge in [0.25, 0.3) is 0 Å². The van der Waals surface area contributed by atoms with Crippen LogP contribution in [0.25, 0.3) is 10.7 Å². The molecular formula is C17H17N3OS. The molecule has 0 radical (unpaired) electrons. The molecule has 3 aromatic rings. The van der Waals surface area contributed by atoms with Gasteiger partial charge in [-0.25, -0.2) is 9.97 Å². The Bertz CT molecular complexity index is 714. The molecule has 1 aromatic carbocycles. The maximum absolute atomic E-state index is 5.66. The summed E-state index contributed by atoms with van der Waals surface area (Å²) in [6, 6.07) is 15.8. The van der Waals surface area contributed by atoms with Crippen LogP contribution in [0.3, 0.4) is 0 Å².